The quantitative estimate of drug-likeness (QED) is 0.674. The predicted molar refractivity (Wildman–Crippen MR) is 111 cm³/mol. The number of rotatable bonds is 7. The van der Waals surface area contributed by atoms with Crippen LogP contribution in [-0.2, 0) is 14.8 Å². The van der Waals surface area contributed by atoms with E-state index in [0.29, 0.717) is 31.1 Å². The average molecular weight is 419 g/mol. The van der Waals surface area contributed by atoms with Crippen LogP contribution in [0.3, 0.4) is 0 Å². The molecule has 2 aromatic carbocycles. The lowest BCUT2D eigenvalue weighted by atomic mass is 10.1. The van der Waals surface area contributed by atoms with Crippen LogP contribution in [0.2, 0.25) is 0 Å². The van der Waals surface area contributed by atoms with Crippen LogP contribution >= 0.6 is 0 Å². The molecule has 0 unspecified atom stereocenters. The van der Waals surface area contributed by atoms with E-state index in [1.165, 1.54) is 12.1 Å². The minimum absolute atomic E-state index is 0.112. The summed E-state index contributed by atoms with van der Waals surface area (Å²) in [6, 6.07) is 10.4. The van der Waals surface area contributed by atoms with E-state index < -0.39 is 10.0 Å². The van der Waals surface area contributed by atoms with Gasteiger partial charge in [-0.3, -0.25) is 4.79 Å². The summed E-state index contributed by atoms with van der Waals surface area (Å²) >= 11 is 0. The van der Waals surface area contributed by atoms with Crippen LogP contribution in [-0.4, -0.2) is 34.1 Å². The van der Waals surface area contributed by atoms with E-state index in [4.69, 9.17) is 9.47 Å². The fraction of sp³-hybridized carbons (Fsp3) is 0.381. The van der Waals surface area contributed by atoms with Gasteiger partial charge >= 0.3 is 0 Å². The normalized spacial score (nSPS) is 13.6. The van der Waals surface area contributed by atoms with Crippen molar-refractivity contribution in [3.63, 3.8) is 0 Å². The standard InChI is InChI=1S/C21H26N2O5S/c1-15-6-8-18(16(2)13-15)23-21(24)5-3-10-22-29(25,26)17-7-9-19-20(14-17)28-12-4-11-27-19/h6-9,13-14,22H,3-5,10-12H2,1-2H3,(H,23,24). The largest absolute Gasteiger partial charge is 0.490 e. The molecule has 1 heterocycles. The molecule has 1 amide bonds. The van der Waals surface area contributed by atoms with E-state index >= 15 is 0 Å². The molecule has 0 atom stereocenters. The monoisotopic (exact) mass is 418 g/mol. The molecule has 156 valence electrons. The lowest BCUT2D eigenvalue weighted by molar-refractivity contribution is -0.116. The molecule has 3 rings (SSSR count). The Bertz CT molecular complexity index is 989. The second kappa shape index (κ2) is 9.28. The van der Waals surface area contributed by atoms with Crippen LogP contribution in [0.1, 0.15) is 30.4 Å². The first kappa shape index (κ1) is 21.1. The van der Waals surface area contributed by atoms with Gasteiger partial charge in [-0.1, -0.05) is 17.7 Å². The van der Waals surface area contributed by atoms with Crippen molar-refractivity contribution in [2.24, 2.45) is 0 Å². The maximum Gasteiger partial charge on any atom is 0.240 e. The number of carbonyl (C=O) groups excluding carboxylic acids is 1. The van der Waals surface area contributed by atoms with Crippen molar-refractivity contribution in [1.82, 2.24) is 4.72 Å². The number of sulfonamides is 1. The average Bonchev–Trinajstić information content (AvgIpc) is 2.92. The van der Waals surface area contributed by atoms with E-state index in [-0.39, 0.29) is 23.8 Å². The number of anilines is 1. The van der Waals surface area contributed by atoms with Gasteiger partial charge < -0.3 is 14.8 Å². The number of hydrogen-bond acceptors (Lipinski definition) is 5. The van der Waals surface area contributed by atoms with Gasteiger partial charge in [0.05, 0.1) is 18.1 Å². The maximum atomic E-state index is 12.5. The van der Waals surface area contributed by atoms with Gasteiger partial charge in [0.2, 0.25) is 15.9 Å². The predicted octanol–water partition coefficient (Wildman–Crippen LogP) is 3.16. The Hall–Kier alpha value is -2.58. The number of ether oxygens (including phenoxy) is 2. The topological polar surface area (TPSA) is 93.7 Å². The Morgan fingerprint density at radius 1 is 1.03 bits per heavy atom. The van der Waals surface area contributed by atoms with Crippen molar-refractivity contribution in [2.75, 3.05) is 25.1 Å². The molecule has 0 fully saturated rings. The zero-order chi connectivity index (χ0) is 20.9. The van der Waals surface area contributed by atoms with E-state index in [2.05, 4.69) is 10.0 Å². The number of benzene rings is 2. The Morgan fingerprint density at radius 2 is 1.79 bits per heavy atom. The molecule has 1 aliphatic heterocycles. The summed E-state index contributed by atoms with van der Waals surface area (Å²) in [5, 5.41) is 2.86. The van der Waals surface area contributed by atoms with Crippen LogP contribution in [0.5, 0.6) is 11.5 Å². The molecule has 2 N–H and O–H groups in total. The summed E-state index contributed by atoms with van der Waals surface area (Å²) in [4.78, 5) is 12.2. The molecule has 0 saturated carbocycles. The molecular weight excluding hydrogens is 392 g/mol. The van der Waals surface area contributed by atoms with Crippen molar-refractivity contribution in [1.29, 1.82) is 0 Å². The van der Waals surface area contributed by atoms with Gasteiger partial charge in [0.1, 0.15) is 0 Å². The fourth-order valence-electron chi connectivity index (χ4n) is 3.02. The first-order valence-corrected chi connectivity index (χ1v) is 11.1. The minimum Gasteiger partial charge on any atom is -0.490 e. The summed E-state index contributed by atoms with van der Waals surface area (Å²) in [5.41, 5.74) is 2.89. The van der Waals surface area contributed by atoms with Crippen molar-refractivity contribution >= 4 is 21.6 Å². The first-order valence-electron chi connectivity index (χ1n) is 9.61. The van der Waals surface area contributed by atoms with Crippen molar-refractivity contribution in [3.8, 4) is 11.5 Å². The van der Waals surface area contributed by atoms with Gasteiger partial charge in [-0.15, -0.1) is 0 Å². The Kier molecular flexibility index (Phi) is 6.76. The highest BCUT2D eigenvalue weighted by Crippen LogP contribution is 2.31. The van der Waals surface area contributed by atoms with Gasteiger partial charge in [-0.25, -0.2) is 13.1 Å². The first-order chi connectivity index (χ1) is 13.8. The maximum absolute atomic E-state index is 12.5. The van der Waals surface area contributed by atoms with Crippen molar-refractivity contribution in [3.05, 3.63) is 47.5 Å². The Balaban J connectivity index is 1.50. The summed E-state index contributed by atoms with van der Waals surface area (Å²) in [7, 11) is -3.69. The van der Waals surface area contributed by atoms with E-state index in [1.807, 2.05) is 32.0 Å². The Labute approximate surface area is 171 Å². The van der Waals surface area contributed by atoms with E-state index in [0.717, 1.165) is 23.2 Å². The molecule has 8 heteroatoms. The van der Waals surface area contributed by atoms with Gasteiger partial charge in [-0.05, 0) is 44.0 Å². The lowest BCUT2D eigenvalue weighted by Crippen LogP contribution is -2.26. The zero-order valence-corrected chi connectivity index (χ0v) is 17.5. The summed E-state index contributed by atoms with van der Waals surface area (Å²) in [6.07, 6.45) is 1.36. The molecule has 7 nitrogen and oxygen atoms in total. The summed E-state index contributed by atoms with van der Waals surface area (Å²) in [5.74, 6) is 0.828. The number of amides is 1. The number of aryl methyl sites for hydroxylation is 2. The molecule has 0 aromatic heterocycles. The highest BCUT2D eigenvalue weighted by molar-refractivity contribution is 7.89. The molecule has 0 spiro atoms. The minimum atomic E-state index is -3.69. The molecule has 0 aliphatic carbocycles. The van der Waals surface area contributed by atoms with E-state index in [9.17, 15) is 13.2 Å². The number of hydrogen-bond donors (Lipinski definition) is 2. The summed E-state index contributed by atoms with van der Waals surface area (Å²) in [6.45, 7) is 5.12. The van der Waals surface area contributed by atoms with Crippen LogP contribution < -0.4 is 19.5 Å². The smallest absolute Gasteiger partial charge is 0.240 e. The van der Waals surface area contributed by atoms with Crippen LogP contribution in [0.4, 0.5) is 5.69 Å². The van der Waals surface area contributed by atoms with Gasteiger partial charge in [0, 0.05) is 31.1 Å². The van der Waals surface area contributed by atoms with Gasteiger partial charge in [0.15, 0.2) is 11.5 Å². The molecule has 1 aliphatic rings. The fourth-order valence-corrected chi connectivity index (χ4v) is 4.11. The highest BCUT2D eigenvalue weighted by Gasteiger charge is 2.18. The van der Waals surface area contributed by atoms with Crippen LogP contribution in [0.15, 0.2) is 41.3 Å². The van der Waals surface area contributed by atoms with Gasteiger partial charge in [-0.2, -0.15) is 0 Å². The van der Waals surface area contributed by atoms with Crippen molar-refractivity contribution in [2.45, 2.75) is 38.0 Å². The third kappa shape index (κ3) is 5.71. The van der Waals surface area contributed by atoms with Crippen LogP contribution in [0, 0.1) is 13.8 Å². The third-order valence-electron chi connectivity index (χ3n) is 4.56. The number of nitrogens with one attached hydrogen (secondary N) is 2. The SMILES string of the molecule is Cc1ccc(NC(=O)CCCNS(=O)(=O)c2ccc3c(c2)OCCCO3)c(C)c1. The van der Waals surface area contributed by atoms with Gasteiger partial charge in [0.25, 0.3) is 0 Å². The van der Waals surface area contributed by atoms with E-state index in [1.54, 1.807) is 6.07 Å². The molecule has 0 bridgehead atoms. The molecule has 0 radical (unpaired) electrons. The number of carbonyl (C=O) groups is 1. The van der Waals surface area contributed by atoms with Crippen molar-refractivity contribution < 1.29 is 22.7 Å². The second-order valence-electron chi connectivity index (χ2n) is 7.03. The molecule has 29 heavy (non-hydrogen) atoms. The second-order valence-corrected chi connectivity index (χ2v) is 8.79. The molecule has 0 saturated heterocycles. The zero-order valence-electron chi connectivity index (χ0n) is 16.7. The molecular formula is C21H26N2O5S. The summed E-state index contributed by atoms with van der Waals surface area (Å²) < 4.78 is 38.6. The highest BCUT2D eigenvalue weighted by atomic mass is 32.2. The number of fused-ring (bicyclic) bond motifs is 1. The molecule has 2 aromatic rings. The Morgan fingerprint density at radius 3 is 2.55 bits per heavy atom. The van der Waals surface area contributed by atoms with Crippen LogP contribution in [0.25, 0.3) is 0 Å². The third-order valence-corrected chi connectivity index (χ3v) is 6.02. The lowest BCUT2D eigenvalue weighted by Gasteiger charge is -2.11.